The minimum atomic E-state index is -0.465. The fourth-order valence-electron chi connectivity index (χ4n) is 2.19. The average molecular weight is 276 g/mol. The Morgan fingerprint density at radius 1 is 1.42 bits per heavy atom. The number of carbonyl (C=O) groups excluding carboxylic acids is 1. The molecule has 1 aromatic rings. The lowest BCUT2D eigenvalue weighted by molar-refractivity contribution is 0.100. The SMILES string of the molecule is CC(C)(C)C1C=CC(c2cc(C(N)=O)c(N)s2)=CC1. The van der Waals surface area contributed by atoms with Crippen molar-refractivity contribution in [2.75, 3.05) is 5.73 Å². The van der Waals surface area contributed by atoms with Crippen LogP contribution in [0.25, 0.3) is 5.57 Å². The van der Waals surface area contributed by atoms with Crippen LogP contribution in [0, 0.1) is 11.3 Å². The first-order valence-corrected chi connectivity index (χ1v) is 7.18. The van der Waals surface area contributed by atoms with Gasteiger partial charge in [-0.15, -0.1) is 11.3 Å². The van der Waals surface area contributed by atoms with E-state index in [-0.39, 0.29) is 5.41 Å². The minimum absolute atomic E-state index is 0.269. The molecule has 0 aromatic carbocycles. The Morgan fingerprint density at radius 3 is 2.53 bits per heavy atom. The summed E-state index contributed by atoms with van der Waals surface area (Å²) < 4.78 is 0. The van der Waals surface area contributed by atoms with Crippen molar-refractivity contribution in [1.82, 2.24) is 0 Å². The fraction of sp³-hybridized carbons (Fsp3) is 0.400. The van der Waals surface area contributed by atoms with E-state index in [1.807, 2.05) is 0 Å². The number of anilines is 1. The molecule has 3 nitrogen and oxygen atoms in total. The van der Waals surface area contributed by atoms with Crippen molar-refractivity contribution in [2.24, 2.45) is 17.1 Å². The molecule has 1 aliphatic rings. The molecule has 1 atom stereocenters. The van der Waals surface area contributed by atoms with Crippen molar-refractivity contribution in [3.63, 3.8) is 0 Å². The van der Waals surface area contributed by atoms with Gasteiger partial charge in [0.2, 0.25) is 0 Å². The van der Waals surface area contributed by atoms with E-state index >= 15 is 0 Å². The molecule has 0 saturated carbocycles. The Labute approximate surface area is 118 Å². The third kappa shape index (κ3) is 2.89. The van der Waals surface area contributed by atoms with Crippen LogP contribution >= 0.6 is 11.3 Å². The molecular formula is C15H20N2OS. The van der Waals surface area contributed by atoms with Crippen LogP contribution in [-0.4, -0.2) is 5.91 Å². The Hall–Kier alpha value is -1.55. The van der Waals surface area contributed by atoms with E-state index in [1.54, 1.807) is 6.07 Å². The molecule has 0 radical (unpaired) electrons. The van der Waals surface area contributed by atoms with Crippen LogP contribution < -0.4 is 11.5 Å². The van der Waals surface area contributed by atoms with Gasteiger partial charge in [0, 0.05) is 4.88 Å². The van der Waals surface area contributed by atoms with E-state index in [0.29, 0.717) is 16.5 Å². The summed E-state index contributed by atoms with van der Waals surface area (Å²) in [4.78, 5) is 12.2. The van der Waals surface area contributed by atoms with Crippen LogP contribution in [0.2, 0.25) is 0 Å². The minimum Gasteiger partial charge on any atom is -0.390 e. The van der Waals surface area contributed by atoms with Gasteiger partial charge in [-0.3, -0.25) is 4.79 Å². The zero-order valence-electron chi connectivity index (χ0n) is 11.6. The number of amides is 1. The third-order valence-electron chi connectivity index (χ3n) is 3.52. The molecule has 102 valence electrons. The normalized spacial score (nSPS) is 19.3. The van der Waals surface area contributed by atoms with Gasteiger partial charge in [0.25, 0.3) is 5.91 Å². The highest BCUT2D eigenvalue weighted by molar-refractivity contribution is 7.17. The maximum atomic E-state index is 11.2. The van der Waals surface area contributed by atoms with Crippen LogP contribution in [-0.2, 0) is 0 Å². The first-order chi connectivity index (χ1) is 8.79. The Balaban J connectivity index is 2.22. The highest BCUT2D eigenvalue weighted by atomic mass is 32.1. The van der Waals surface area contributed by atoms with E-state index in [0.717, 1.165) is 16.9 Å². The summed E-state index contributed by atoms with van der Waals surface area (Å²) in [5, 5.41) is 0.495. The van der Waals surface area contributed by atoms with Crippen molar-refractivity contribution in [3.8, 4) is 0 Å². The molecule has 0 bridgehead atoms. The van der Waals surface area contributed by atoms with Crippen molar-refractivity contribution in [1.29, 1.82) is 0 Å². The zero-order valence-corrected chi connectivity index (χ0v) is 12.4. The van der Waals surface area contributed by atoms with Crippen LogP contribution in [0.5, 0.6) is 0 Å². The molecule has 4 heteroatoms. The monoisotopic (exact) mass is 276 g/mol. The van der Waals surface area contributed by atoms with E-state index in [9.17, 15) is 4.79 Å². The molecule has 0 fully saturated rings. The Morgan fingerprint density at radius 2 is 2.11 bits per heavy atom. The van der Waals surface area contributed by atoms with Crippen LogP contribution in [0.1, 0.15) is 42.4 Å². The number of thiophene rings is 1. The van der Waals surface area contributed by atoms with Crippen molar-refractivity contribution in [2.45, 2.75) is 27.2 Å². The van der Waals surface area contributed by atoms with Gasteiger partial charge in [0.15, 0.2) is 0 Å². The topological polar surface area (TPSA) is 69.1 Å². The highest BCUT2D eigenvalue weighted by Crippen LogP contribution is 2.38. The van der Waals surface area contributed by atoms with E-state index in [1.165, 1.54) is 11.3 Å². The molecular weight excluding hydrogens is 256 g/mol. The summed E-state index contributed by atoms with van der Waals surface area (Å²) >= 11 is 1.42. The lowest BCUT2D eigenvalue weighted by atomic mass is 9.76. The number of allylic oxidation sites excluding steroid dienone is 4. The quantitative estimate of drug-likeness (QED) is 0.868. The van der Waals surface area contributed by atoms with E-state index in [2.05, 4.69) is 39.0 Å². The molecule has 19 heavy (non-hydrogen) atoms. The molecule has 0 saturated heterocycles. The van der Waals surface area contributed by atoms with Gasteiger partial charge < -0.3 is 11.5 Å². The molecule has 1 aromatic heterocycles. The van der Waals surface area contributed by atoms with Crippen molar-refractivity contribution >= 4 is 27.8 Å². The summed E-state index contributed by atoms with van der Waals surface area (Å²) in [7, 11) is 0. The van der Waals surface area contributed by atoms with Crippen LogP contribution in [0.3, 0.4) is 0 Å². The van der Waals surface area contributed by atoms with Gasteiger partial charge in [-0.1, -0.05) is 39.0 Å². The number of rotatable bonds is 2. The molecule has 4 N–H and O–H groups in total. The fourth-order valence-corrected chi connectivity index (χ4v) is 3.14. The number of primary amides is 1. The molecule has 1 unspecified atom stereocenters. The number of hydrogen-bond acceptors (Lipinski definition) is 3. The summed E-state index contributed by atoms with van der Waals surface area (Å²) in [6.45, 7) is 6.74. The third-order valence-corrected chi connectivity index (χ3v) is 4.54. The maximum absolute atomic E-state index is 11.2. The predicted molar refractivity (Wildman–Crippen MR) is 81.9 cm³/mol. The largest absolute Gasteiger partial charge is 0.390 e. The second-order valence-electron chi connectivity index (χ2n) is 5.98. The molecule has 1 amide bonds. The van der Waals surface area contributed by atoms with Crippen molar-refractivity contribution < 1.29 is 4.79 Å². The summed E-state index contributed by atoms with van der Waals surface area (Å²) in [6.07, 6.45) is 7.59. The maximum Gasteiger partial charge on any atom is 0.251 e. The van der Waals surface area contributed by atoms with E-state index < -0.39 is 5.91 Å². The van der Waals surface area contributed by atoms with E-state index in [4.69, 9.17) is 11.5 Å². The number of nitrogens with two attached hydrogens (primary N) is 2. The number of hydrogen-bond donors (Lipinski definition) is 2. The highest BCUT2D eigenvalue weighted by Gasteiger charge is 2.23. The Kier molecular flexibility index (Phi) is 3.54. The summed E-state index contributed by atoms with van der Waals surface area (Å²) in [6, 6.07) is 1.79. The first kappa shape index (κ1) is 13.9. The van der Waals surface area contributed by atoms with Crippen LogP contribution in [0.4, 0.5) is 5.00 Å². The molecule has 2 rings (SSSR count). The first-order valence-electron chi connectivity index (χ1n) is 6.37. The van der Waals surface area contributed by atoms with Gasteiger partial charge in [-0.05, 0) is 29.4 Å². The summed E-state index contributed by atoms with van der Waals surface area (Å²) in [5.74, 6) is 0.0807. The zero-order chi connectivity index (χ0) is 14.2. The van der Waals surface area contributed by atoms with Gasteiger partial charge in [0.1, 0.15) is 0 Å². The summed E-state index contributed by atoms with van der Waals surface area (Å²) in [5.41, 5.74) is 12.9. The van der Waals surface area contributed by atoms with Gasteiger partial charge in [0.05, 0.1) is 10.6 Å². The molecule has 0 spiro atoms. The Bertz CT molecular complexity index is 561. The molecule has 1 heterocycles. The number of carbonyl (C=O) groups is 1. The smallest absolute Gasteiger partial charge is 0.251 e. The van der Waals surface area contributed by atoms with Gasteiger partial charge in [-0.2, -0.15) is 0 Å². The predicted octanol–water partition coefficient (Wildman–Crippen LogP) is 3.43. The second-order valence-corrected chi connectivity index (χ2v) is 7.06. The lowest BCUT2D eigenvalue weighted by Gasteiger charge is -2.29. The van der Waals surface area contributed by atoms with Gasteiger partial charge in [-0.25, -0.2) is 0 Å². The average Bonchev–Trinajstić information content (AvgIpc) is 2.70. The molecule has 0 aliphatic heterocycles. The van der Waals surface area contributed by atoms with Crippen molar-refractivity contribution in [3.05, 3.63) is 34.7 Å². The number of nitrogen functional groups attached to an aromatic ring is 1. The standard InChI is InChI=1S/C15H20N2OS/c1-15(2,3)10-6-4-9(5-7-10)12-8-11(13(16)18)14(17)19-12/h4-6,8,10H,7,17H2,1-3H3,(H2,16,18). The second kappa shape index (κ2) is 4.85. The van der Waals surface area contributed by atoms with Crippen LogP contribution in [0.15, 0.2) is 24.3 Å². The molecule has 1 aliphatic carbocycles. The van der Waals surface area contributed by atoms with Gasteiger partial charge >= 0.3 is 0 Å². The lowest BCUT2D eigenvalue weighted by Crippen LogP contribution is -2.19.